The van der Waals surface area contributed by atoms with Crippen LogP contribution in [0.2, 0.25) is 0 Å². The fourth-order valence-electron chi connectivity index (χ4n) is 4.52. The Balaban J connectivity index is 0.00000121. The van der Waals surface area contributed by atoms with Crippen molar-refractivity contribution in [1.82, 2.24) is 9.88 Å². The Morgan fingerprint density at radius 1 is 1.30 bits per heavy atom. The predicted molar refractivity (Wildman–Crippen MR) is 119 cm³/mol. The third-order valence-electron chi connectivity index (χ3n) is 5.91. The van der Waals surface area contributed by atoms with Crippen LogP contribution < -0.4 is 10.5 Å². The van der Waals surface area contributed by atoms with E-state index in [0.717, 1.165) is 42.1 Å². The number of nitrogens with zero attached hydrogens (tertiary/aromatic N) is 2. The largest absolute Gasteiger partial charge is 0.497 e. The van der Waals surface area contributed by atoms with Crippen molar-refractivity contribution in [3.63, 3.8) is 0 Å². The minimum Gasteiger partial charge on any atom is -0.497 e. The highest BCUT2D eigenvalue weighted by molar-refractivity contribution is 5.86. The standard InChI is InChI=1S/C20H25N3O.3ClH/c1-3-13-12-23-9-7-14(13)10-19(23)20(21)16-6-8-22-18-5-4-15(24-2)11-17(16)18;;;/h3-6,8,11,13-14,19-20H,1,7,9-10,12,21H2,2H3;3*1H/t13?,14?,19?,20-;;;/m0.../s1. The molecule has 0 saturated carbocycles. The quantitative estimate of drug-likeness (QED) is 0.727. The maximum atomic E-state index is 6.76. The number of rotatable bonds is 4. The van der Waals surface area contributed by atoms with Gasteiger partial charge in [0.05, 0.1) is 12.6 Å². The first-order chi connectivity index (χ1) is 11.7. The minimum atomic E-state index is -0.00354. The summed E-state index contributed by atoms with van der Waals surface area (Å²) in [5.41, 5.74) is 8.91. The van der Waals surface area contributed by atoms with Crippen LogP contribution in [0.25, 0.3) is 10.9 Å². The molecule has 0 radical (unpaired) electrons. The van der Waals surface area contributed by atoms with Gasteiger partial charge >= 0.3 is 0 Å². The molecule has 4 nitrogen and oxygen atoms in total. The number of hydrogen-bond donors (Lipinski definition) is 1. The maximum Gasteiger partial charge on any atom is 0.119 e. The molecule has 0 amide bonds. The summed E-state index contributed by atoms with van der Waals surface area (Å²) >= 11 is 0. The Labute approximate surface area is 179 Å². The summed E-state index contributed by atoms with van der Waals surface area (Å²) in [5, 5.41) is 1.10. The third kappa shape index (κ3) is 4.36. The Bertz CT molecular complexity index is 773. The topological polar surface area (TPSA) is 51.4 Å². The third-order valence-corrected chi connectivity index (χ3v) is 5.91. The van der Waals surface area contributed by atoms with Gasteiger partial charge in [-0.3, -0.25) is 9.88 Å². The molecule has 3 aliphatic rings. The lowest BCUT2D eigenvalue weighted by Gasteiger charge is -2.51. The molecule has 150 valence electrons. The monoisotopic (exact) mass is 431 g/mol. The Kier molecular flexibility index (Phi) is 8.84. The predicted octanol–water partition coefficient (Wildman–Crippen LogP) is 4.41. The lowest BCUT2D eigenvalue weighted by atomic mass is 9.73. The second-order valence-corrected chi connectivity index (χ2v) is 7.06. The van der Waals surface area contributed by atoms with E-state index in [1.807, 2.05) is 18.3 Å². The number of halogens is 3. The zero-order valence-electron chi connectivity index (χ0n) is 15.4. The zero-order chi connectivity index (χ0) is 16.7. The molecule has 2 bridgehead atoms. The number of ether oxygens (including phenoxy) is 1. The molecule has 3 fully saturated rings. The fourth-order valence-corrected chi connectivity index (χ4v) is 4.52. The Morgan fingerprint density at radius 3 is 2.70 bits per heavy atom. The van der Waals surface area contributed by atoms with Crippen molar-refractivity contribution in [2.75, 3.05) is 20.2 Å². The molecule has 1 aromatic carbocycles. The molecule has 4 unspecified atom stereocenters. The van der Waals surface area contributed by atoms with Gasteiger partial charge in [0.15, 0.2) is 0 Å². The Hall–Kier alpha value is -1.04. The maximum absolute atomic E-state index is 6.76. The van der Waals surface area contributed by atoms with Crippen molar-refractivity contribution >= 4 is 48.1 Å². The summed E-state index contributed by atoms with van der Waals surface area (Å²) in [6.07, 6.45) is 6.43. The van der Waals surface area contributed by atoms with Crippen LogP contribution in [0.1, 0.15) is 24.4 Å². The van der Waals surface area contributed by atoms with Gasteiger partial charge in [-0.05, 0) is 61.1 Å². The second-order valence-electron chi connectivity index (χ2n) is 7.06. The van der Waals surface area contributed by atoms with Gasteiger partial charge in [0.1, 0.15) is 5.75 Å². The molecule has 5 rings (SSSR count). The Morgan fingerprint density at radius 2 is 2.07 bits per heavy atom. The summed E-state index contributed by atoms with van der Waals surface area (Å²) in [6, 6.07) is 8.48. The normalized spacial score (nSPS) is 26.9. The molecule has 3 saturated heterocycles. The molecule has 27 heavy (non-hydrogen) atoms. The van der Waals surface area contributed by atoms with Crippen molar-refractivity contribution < 1.29 is 4.74 Å². The van der Waals surface area contributed by atoms with Crippen molar-refractivity contribution in [1.29, 1.82) is 0 Å². The van der Waals surface area contributed by atoms with E-state index < -0.39 is 0 Å². The number of fused-ring (bicyclic) bond motifs is 4. The molecule has 1 aromatic heterocycles. The van der Waals surface area contributed by atoms with E-state index in [1.54, 1.807) is 7.11 Å². The summed E-state index contributed by atoms with van der Waals surface area (Å²) in [6.45, 7) is 6.26. The van der Waals surface area contributed by atoms with Crippen LogP contribution in [-0.4, -0.2) is 36.1 Å². The summed E-state index contributed by atoms with van der Waals surface area (Å²) in [4.78, 5) is 7.04. The number of piperidine rings is 3. The van der Waals surface area contributed by atoms with Gasteiger partial charge in [0, 0.05) is 30.2 Å². The molecule has 0 aliphatic carbocycles. The number of nitrogens with two attached hydrogens (primary N) is 1. The van der Waals surface area contributed by atoms with E-state index in [0.29, 0.717) is 12.0 Å². The van der Waals surface area contributed by atoms with Crippen molar-refractivity contribution in [2.24, 2.45) is 17.6 Å². The van der Waals surface area contributed by atoms with E-state index in [9.17, 15) is 0 Å². The van der Waals surface area contributed by atoms with Gasteiger partial charge in [-0.2, -0.15) is 0 Å². The highest BCUT2D eigenvalue weighted by Gasteiger charge is 2.41. The molecule has 5 atom stereocenters. The van der Waals surface area contributed by atoms with Gasteiger partial charge in [0.2, 0.25) is 0 Å². The molecular formula is C20H28Cl3N3O. The van der Waals surface area contributed by atoms with E-state index in [1.165, 1.54) is 12.0 Å². The summed E-state index contributed by atoms with van der Waals surface area (Å²) < 4.78 is 5.39. The molecule has 0 spiro atoms. The van der Waals surface area contributed by atoms with Crippen LogP contribution in [0.4, 0.5) is 0 Å². The van der Waals surface area contributed by atoms with Crippen LogP contribution in [0.5, 0.6) is 5.75 Å². The number of hydrogen-bond acceptors (Lipinski definition) is 4. The first-order valence-corrected chi connectivity index (χ1v) is 8.76. The average molecular weight is 433 g/mol. The number of aromatic nitrogens is 1. The molecule has 7 heteroatoms. The summed E-state index contributed by atoms with van der Waals surface area (Å²) in [7, 11) is 1.69. The van der Waals surface area contributed by atoms with Crippen LogP contribution in [0, 0.1) is 11.8 Å². The molecule has 4 heterocycles. The van der Waals surface area contributed by atoms with Gasteiger partial charge < -0.3 is 10.5 Å². The van der Waals surface area contributed by atoms with E-state index in [2.05, 4.69) is 34.7 Å². The highest BCUT2D eigenvalue weighted by Crippen LogP contribution is 2.41. The molecule has 2 aromatic rings. The highest BCUT2D eigenvalue weighted by atomic mass is 35.5. The van der Waals surface area contributed by atoms with Gasteiger partial charge in [0.25, 0.3) is 0 Å². The number of methoxy groups -OCH3 is 1. The number of pyridine rings is 1. The lowest BCUT2D eigenvalue weighted by molar-refractivity contribution is 0.00749. The first kappa shape index (κ1) is 24.0. The lowest BCUT2D eigenvalue weighted by Crippen LogP contribution is -2.56. The van der Waals surface area contributed by atoms with E-state index in [4.69, 9.17) is 10.5 Å². The van der Waals surface area contributed by atoms with Crippen molar-refractivity contribution in [3.8, 4) is 5.75 Å². The van der Waals surface area contributed by atoms with Gasteiger partial charge in [-0.1, -0.05) is 6.08 Å². The SMILES string of the molecule is C=CC1CN2CCC1CC2[C@@H](N)c1ccnc2ccc(OC)cc12.Cl.Cl.Cl. The van der Waals surface area contributed by atoms with Crippen LogP contribution in [-0.2, 0) is 0 Å². The zero-order valence-corrected chi connectivity index (χ0v) is 17.9. The van der Waals surface area contributed by atoms with E-state index >= 15 is 0 Å². The first-order valence-electron chi connectivity index (χ1n) is 8.76. The average Bonchev–Trinajstić information content (AvgIpc) is 2.66. The van der Waals surface area contributed by atoms with Gasteiger partial charge in [-0.15, -0.1) is 43.8 Å². The fraction of sp³-hybridized carbons (Fsp3) is 0.450. The van der Waals surface area contributed by atoms with Crippen LogP contribution >= 0.6 is 37.2 Å². The molecular weight excluding hydrogens is 405 g/mol. The smallest absolute Gasteiger partial charge is 0.119 e. The molecule has 3 aliphatic heterocycles. The number of benzene rings is 1. The van der Waals surface area contributed by atoms with Crippen molar-refractivity contribution in [3.05, 3.63) is 48.7 Å². The van der Waals surface area contributed by atoms with Crippen molar-refractivity contribution in [2.45, 2.75) is 24.9 Å². The minimum absolute atomic E-state index is 0. The summed E-state index contributed by atoms with van der Waals surface area (Å²) in [5.74, 6) is 2.20. The van der Waals surface area contributed by atoms with Crippen LogP contribution in [0.3, 0.4) is 0 Å². The van der Waals surface area contributed by atoms with E-state index in [-0.39, 0.29) is 43.3 Å². The second kappa shape index (κ2) is 9.94. The van der Waals surface area contributed by atoms with Crippen LogP contribution in [0.15, 0.2) is 43.1 Å². The van der Waals surface area contributed by atoms with Gasteiger partial charge in [-0.25, -0.2) is 0 Å². The molecule has 2 N–H and O–H groups in total.